The lowest BCUT2D eigenvalue weighted by Crippen LogP contribution is -2.38. The third-order valence-electron chi connectivity index (χ3n) is 4.26. The summed E-state index contributed by atoms with van der Waals surface area (Å²) in [5.41, 5.74) is 9.05. The van der Waals surface area contributed by atoms with Crippen LogP contribution >= 0.6 is 15.9 Å². The van der Waals surface area contributed by atoms with Crippen LogP contribution in [0, 0.1) is 0 Å². The molecule has 0 spiro atoms. The summed E-state index contributed by atoms with van der Waals surface area (Å²) < 4.78 is 3.32. The van der Waals surface area contributed by atoms with Gasteiger partial charge in [0.25, 0.3) is 0 Å². The predicted molar refractivity (Wildman–Crippen MR) is 79.6 cm³/mol. The zero-order chi connectivity index (χ0) is 12.8. The average molecular weight is 307 g/mol. The zero-order valence-corrected chi connectivity index (χ0v) is 12.3. The Kier molecular flexibility index (Phi) is 2.99. The number of aryl methyl sites for hydroxylation is 1. The number of nitrogens with zero attached hydrogens (tertiary/aromatic N) is 1. The van der Waals surface area contributed by atoms with Crippen LogP contribution in [0.25, 0.3) is 10.9 Å². The molecule has 1 fully saturated rings. The van der Waals surface area contributed by atoms with Crippen molar-refractivity contribution < 1.29 is 0 Å². The minimum absolute atomic E-state index is 0.108. The maximum absolute atomic E-state index is 6.61. The van der Waals surface area contributed by atoms with E-state index in [1.54, 1.807) is 0 Å². The number of halogens is 1. The Hall–Kier alpha value is -0.800. The second kappa shape index (κ2) is 4.39. The number of benzene rings is 1. The first kappa shape index (κ1) is 12.2. The van der Waals surface area contributed by atoms with Crippen LogP contribution in [-0.2, 0) is 12.6 Å². The highest BCUT2D eigenvalue weighted by Gasteiger charge is 2.29. The summed E-state index contributed by atoms with van der Waals surface area (Å²) in [6.45, 7) is 0. The van der Waals surface area contributed by atoms with Gasteiger partial charge in [-0.05, 0) is 40.4 Å². The van der Waals surface area contributed by atoms with Crippen molar-refractivity contribution in [2.24, 2.45) is 12.8 Å². The Morgan fingerprint density at radius 3 is 2.67 bits per heavy atom. The highest BCUT2D eigenvalue weighted by atomic mass is 79.9. The van der Waals surface area contributed by atoms with Gasteiger partial charge < -0.3 is 10.3 Å². The Labute approximate surface area is 116 Å². The third-order valence-corrected chi connectivity index (χ3v) is 4.89. The second-order valence-corrected chi connectivity index (χ2v) is 6.39. The van der Waals surface area contributed by atoms with Crippen LogP contribution in [0.3, 0.4) is 0 Å². The summed E-state index contributed by atoms with van der Waals surface area (Å²) in [6.07, 6.45) is 8.18. The molecule has 2 N–H and O–H groups in total. The normalized spacial score (nSPS) is 19.3. The zero-order valence-electron chi connectivity index (χ0n) is 10.7. The molecule has 0 aliphatic heterocycles. The number of fused-ring (bicyclic) bond motifs is 1. The summed E-state index contributed by atoms with van der Waals surface area (Å²) in [5.74, 6) is 0. The molecular weight excluding hydrogens is 288 g/mol. The fourth-order valence-electron chi connectivity index (χ4n) is 3.12. The molecule has 0 radical (unpaired) electrons. The van der Waals surface area contributed by atoms with E-state index in [0.717, 1.165) is 17.3 Å². The minimum atomic E-state index is -0.108. The Balaban J connectivity index is 2.10. The van der Waals surface area contributed by atoms with Crippen LogP contribution in [0.5, 0.6) is 0 Å². The largest absolute Gasteiger partial charge is 0.349 e. The topological polar surface area (TPSA) is 30.9 Å². The SMILES string of the molecule is Cn1cc(Br)c2ccc(C3(N)CCCCC3)cc21. The molecule has 1 aromatic carbocycles. The molecule has 1 aliphatic rings. The van der Waals surface area contributed by atoms with E-state index in [9.17, 15) is 0 Å². The van der Waals surface area contributed by atoms with Crippen LogP contribution in [0.1, 0.15) is 37.7 Å². The van der Waals surface area contributed by atoms with Gasteiger partial charge in [-0.25, -0.2) is 0 Å². The van der Waals surface area contributed by atoms with Gasteiger partial charge in [0, 0.05) is 34.2 Å². The van der Waals surface area contributed by atoms with Crippen LogP contribution in [0.4, 0.5) is 0 Å². The minimum Gasteiger partial charge on any atom is -0.349 e. The first-order valence-corrected chi connectivity index (χ1v) is 7.43. The number of nitrogens with two attached hydrogens (primary N) is 1. The molecule has 1 aliphatic carbocycles. The maximum Gasteiger partial charge on any atom is 0.0492 e. The molecule has 3 rings (SSSR count). The summed E-state index contributed by atoms with van der Waals surface area (Å²) in [7, 11) is 2.08. The smallest absolute Gasteiger partial charge is 0.0492 e. The molecule has 0 unspecified atom stereocenters. The van der Waals surface area contributed by atoms with E-state index in [-0.39, 0.29) is 5.54 Å². The molecule has 1 saturated carbocycles. The van der Waals surface area contributed by atoms with Crippen LogP contribution in [0.2, 0.25) is 0 Å². The molecule has 0 saturated heterocycles. The van der Waals surface area contributed by atoms with Gasteiger partial charge in [0.15, 0.2) is 0 Å². The van der Waals surface area contributed by atoms with Crippen molar-refractivity contribution in [2.45, 2.75) is 37.6 Å². The van der Waals surface area contributed by atoms with E-state index in [2.05, 4.69) is 51.9 Å². The van der Waals surface area contributed by atoms with E-state index < -0.39 is 0 Å². The molecule has 1 aromatic heterocycles. The Morgan fingerprint density at radius 2 is 1.94 bits per heavy atom. The molecule has 1 heterocycles. The average Bonchev–Trinajstić information content (AvgIpc) is 2.66. The lowest BCUT2D eigenvalue weighted by molar-refractivity contribution is 0.302. The first-order valence-electron chi connectivity index (χ1n) is 6.64. The third kappa shape index (κ3) is 1.90. The van der Waals surface area contributed by atoms with Crippen molar-refractivity contribution in [3.8, 4) is 0 Å². The van der Waals surface area contributed by atoms with Gasteiger partial charge in [0.05, 0.1) is 0 Å². The summed E-state index contributed by atoms with van der Waals surface area (Å²) in [4.78, 5) is 0. The summed E-state index contributed by atoms with van der Waals surface area (Å²) in [5, 5.41) is 1.26. The molecule has 2 aromatic rings. The highest BCUT2D eigenvalue weighted by Crippen LogP contribution is 2.37. The van der Waals surface area contributed by atoms with Gasteiger partial charge in [0.1, 0.15) is 0 Å². The fourth-order valence-corrected chi connectivity index (χ4v) is 3.76. The fraction of sp³-hybridized carbons (Fsp3) is 0.467. The van der Waals surface area contributed by atoms with Crippen molar-refractivity contribution in [3.63, 3.8) is 0 Å². The molecule has 0 amide bonds. The van der Waals surface area contributed by atoms with Crippen molar-refractivity contribution in [1.29, 1.82) is 0 Å². The van der Waals surface area contributed by atoms with Crippen molar-refractivity contribution in [3.05, 3.63) is 34.4 Å². The lowest BCUT2D eigenvalue weighted by atomic mass is 9.77. The quantitative estimate of drug-likeness (QED) is 0.846. The lowest BCUT2D eigenvalue weighted by Gasteiger charge is -2.34. The molecule has 2 nitrogen and oxygen atoms in total. The van der Waals surface area contributed by atoms with E-state index in [4.69, 9.17) is 5.73 Å². The second-order valence-electron chi connectivity index (χ2n) is 5.54. The Morgan fingerprint density at radius 1 is 1.22 bits per heavy atom. The summed E-state index contributed by atoms with van der Waals surface area (Å²) >= 11 is 3.60. The van der Waals surface area contributed by atoms with Gasteiger partial charge in [-0.1, -0.05) is 31.4 Å². The van der Waals surface area contributed by atoms with Crippen LogP contribution < -0.4 is 5.73 Å². The first-order chi connectivity index (χ1) is 8.60. The van der Waals surface area contributed by atoms with Crippen LogP contribution in [0.15, 0.2) is 28.9 Å². The van der Waals surface area contributed by atoms with Gasteiger partial charge in [-0.2, -0.15) is 0 Å². The molecule has 96 valence electrons. The van der Waals surface area contributed by atoms with E-state index >= 15 is 0 Å². The predicted octanol–water partition coefficient (Wildman–Crippen LogP) is 4.06. The van der Waals surface area contributed by atoms with Gasteiger partial charge in [0.2, 0.25) is 0 Å². The number of hydrogen-bond donors (Lipinski definition) is 1. The molecule has 18 heavy (non-hydrogen) atoms. The molecule has 3 heteroatoms. The summed E-state index contributed by atoms with van der Waals surface area (Å²) in [6, 6.07) is 6.67. The number of hydrogen-bond acceptors (Lipinski definition) is 1. The monoisotopic (exact) mass is 306 g/mol. The van der Waals surface area contributed by atoms with Gasteiger partial charge in [-0.3, -0.25) is 0 Å². The van der Waals surface area contributed by atoms with E-state index in [1.165, 1.54) is 35.7 Å². The van der Waals surface area contributed by atoms with Crippen molar-refractivity contribution in [2.75, 3.05) is 0 Å². The number of rotatable bonds is 1. The molecule has 0 bridgehead atoms. The molecular formula is C15H19BrN2. The van der Waals surface area contributed by atoms with Crippen LogP contribution in [-0.4, -0.2) is 4.57 Å². The van der Waals surface area contributed by atoms with Crippen molar-refractivity contribution in [1.82, 2.24) is 4.57 Å². The maximum atomic E-state index is 6.61. The highest BCUT2D eigenvalue weighted by molar-refractivity contribution is 9.10. The Bertz CT molecular complexity index is 579. The van der Waals surface area contributed by atoms with Crippen molar-refractivity contribution >= 4 is 26.8 Å². The molecule has 0 atom stereocenters. The van der Waals surface area contributed by atoms with E-state index in [0.29, 0.717) is 0 Å². The van der Waals surface area contributed by atoms with E-state index in [1.807, 2.05) is 0 Å². The van der Waals surface area contributed by atoms with Gasteiger partial charge in [-0.15, -0.1) is 0 Å². The van der Waals surface area contributed by atoms with Gasteiger partial charge >= 0.3 is 0 Å². The number of aromatic nitrogens is 1. The standard InChI is InChI=1S/C15H19BrN2/c1-18-10-13(16)12-6-5-11(9-14(12)18)15(17)7-3-2-4-8-15/h5-6,9-10H,2-4,7-8,17H2,1H3.